The molecule has 0 saturated heterocycles. The van der Waals surface area contributed by atoms with Crippen molar-refractivity contribution in [2.45, 2.75) is 9.79 Å². The lowest BCUT2D eigenvalue weighted by Crippen LogP contribution is -2.34. The molecule has 6 nitrogen and oxygen atoms in total. The van der Waals surface area contributed by atoms with Gasteiger partial charge in [0.05, 0.1) is 11.4 Å². The monoisotopic (exact) mass is 442 g/mol. The van der Waals surface area contributed by atoms with E-state index >= 15 is 0 Å². The standard InChI is InChI=1S/C22H22N2O4S2/c1-24(30(26,27)21-14-12-20(29-2)13-15-21)16-22(25)23-17-8-10-19(11-9-17)28-18-6-4-3-5-7-18/h3-15H,16H2,1-2H3,(H,23,25). The number of hydrogen-bond acceptors (Lipinski definition) is 5. The van der Waals surface area contributed by atoms with E-state index in [4.69, 9.17) is 4.74 Å². The van der Waals surface area contributed by atoms with Gasteiger partial charge < -0.3 is 10.1 Å². The number of sulfonamides is 1. The molecule has 0 atom stereocenters. The first-order chi connectivity index (χ1) is 14.4. The van der Waals surface area contributed by atoms with Gasteiger partial charge in [0.25, 0.3) is 0 Å². The van der Waals surface area contributed by atoms with Crippen LogP contribution in [0.25, 0.3) is 0 Å². The van der Waals surface area contributed by atoms with Gasteiger partial charge in [-0.15, -0.1) is 11.8 Å². The molecule has 0 bridgehead atoms. The first kappa shape index (κ1) is 21.9. The number of benzene rings is 3. The number of thioether (sulfide) groups is 1. The molecule has 3 rings (SSSR count). The smallest absolute Gasteiger partial charge is 0.243 e. The minimum Gasteiger partial charge on any atom is -0.457 e. The Morgan fingerprint density at radius 2 is 1.53 bits per heavy atom. The molecule has 3 aromatic rings. The highest BCUT2D eigenvalue weighted by atomic mass is 32.2. The Balaban J connectivity index is 1.59. The van der Waals surface area contributed by atoms with Gasteiger partial charge >= 0.3 is 0 Å². The highest BCUT2D eigenvalue weighted by Crippen LogP contribution is 2.23. The van der Waals surface area contributed by atoms with Crippen molar-refractivity contribution in [2.75, 3.05) is 25.2 Å². The SMILES string of the molecule is CSc1ccc(S(=O)(=O)N(C)CC(=O)Nc2ccc(Oc3ccccc3)cc2)cc1. The summed E-state index contributed by atoms with van der Waals surface area (Å²) in [5, 5.41) is 2.70. The van der Waals surface area contributed by atoms with E-state index < -0.39 is 15.9 Å². The molecule has 0 unspecified atom stereocenters. The van der Waals surface area contributed by atoms with Gasteiger partial charge in [-0.1, -0.05) is 18.2 Å². The Bertz CT molecular complexity index is 1080. The van der Waals surface area contributed by atoms with Crippen LogP contribution in [0.2, 0.25) is 0 Å². The van der Waals surface area contributed by atoms with Crippen LogP contribution in [-0.4, -0.2) is 38.5 Å². The summed E-state index contributed by atoms with van der Waals surface area (Å²) in [5.74, 6) is 0.915. The number of rotatable bonds is 8. The van der Waals surface area contributed by atoms with Crippen molar-refractivity contribution in [3.63, 3.8) is 0 Å². The quantitative estimate of drug-likeness (QED) is 0.521. The van der Waals surface area contributed by atoms with Crippen molar-refractivity contribution >= 4 is 33.4 Å². The van der Waals surface area contributed by atoms with Gasteiger partial charge in [0, 0.05) is 17.6 Å². The maximum absolute atomic E-state index is 12.7. The molecule has 0 spiro atoms. The summed E-state index contributed by atoms with van der Waals surface area (Å²) >= 11 is 1.53. The first-order valence-electron chi connectivity index (χ1n) is 9.12. The number of nitrogens with one attached hydrogen (secondary N) is 1. The van der Waals surface area contributed by atoms with E-state index in [0.717, 1.165) is 9.20 Å². The molecule has 156 valence electrons. The van der Waals surface area contributed by atoms with Crippen LogP contribution in [0.5, 0.6) is 11.5 Å². The molecule has 0 aliphatic rings. The van der Waals surface area contributed by atoms with E-state index in [-0.39, 0.29) is 11.4 Å². The van der Waals surface area contributed by atoms with Crippen molar-refractivity contribution in [1.82, 2.24) is 4.31 Å². The number of likely N-dealkylation sites (N-methyl/N-ethyl adjacent to an activating group) is 1. The van der Waals surface area contributed by atoms with E-state index in [2.05, 4.69) is 5.32 Å². The molecule has 0 heterocycles. The lowest BCUT2D eigenvalue weighted by atomic mass is 10.3. The van der Waals surface area contributed by atoms with Gasteiger partial charge in [-0.25, -0.2) is 8.42 Å². The molecule has 3 aromatic carbocycles. The zero-order chi connectivity index (χ0) is 21.6. The third-order valence-corrected chi connectivity index (χ3v) is 6.81. The Labute approximate surface area is 180 Å². The van der Waals surface area contributed by atoms with Crippen LogP contribution >= 0.6 is 11.8 Å². The van der Waals surface area contributed by atoms with Crippen LogP contribution in [0.3, 0.4) is 0 Å². The van der Waals surface area contributed by atoms with E-state index in [9.17, 15) is 13.2 Å². The summed E-state index contributed by atoms with van der Waals surface area (Å²) in [6, 6.07) is 22.8. The topological polar surface area (TPSA) is 75.7 Å². The largest absolute Gasteiger partial charge is 0.457 e. The zero-order valence-electron chi connectivity index (χ0n) is 16.6. The van der Waals surface area contributed by atoms with Gasteiger partial charge in [0.15, 0.2) is 0 Å². The summed E-state index contributed by atoms with van der Waals surface area (Å²) in [5.41, 5.74) is 0.551. The lowest BCUT2D eigenvalue weighted by molar-refractivity contribution is -0.116. The number of carbonyl (C=O) groups is 1. The van der Waals surface area contributed by atoms with Crippen LogP contribution in [-0.2, 0) is 14.8 Å². The van der Waals surface area contributed by atoms with Crippen molar-refractivity contribution in [3.05, 3.63) is 78.9 Å². The average Bonchev–Trinajstić information content (AvgIpc) is 2.76. The first-order valence-corrected chi connectivity index (χ1v) is 11.8. The van der Waals surface area contributed by atoms with Gasteiger partial charge in [0.1, 0.15) is 11.5 Å². The van der Waals surface area contributed by atoms with Crippen molar-refractivity contribution < 1.29 is 17.9 Å². The van der Waals surface area contributed by atoms with E-state index in [1.165, 1.54) is 18.8 Å². The normalized spacial score (nSPS) is 11.3. The number of carbonyl (C=O) groups excluding carboxylic acids is 1. The molecule has 1 N–H and O–H groups in total. The average molecular weight is 443 g/mol. The van der Waals surface area contributed by atoms with E-state index in [0.29, 0.717) is 17.2 Å². The molecule has 0 radical (unpaired) electrons. The minimum absolute atomic E-state index is 0.151. The predicted molar refractivity (Wildman–Crippen MR) is 120 cm³/mol. The van der Waals surface area contributed by atoms with Crippen molar-refractivity contribution in [3.8, 4) is 11.5 Å². The van der Waals surface area contributed by atoms with Gasteiger partial charge in [-0.2, -0.15) is 4.31 Å². The minimum atomic E-state index is -3.75. The van der Waals surface area contributed by atoms with Gasteiger partial charge in [0.2, 0.25) is 15.9 Å². The molecule has 0 saturated carbocycles. The number of ether oxygens (including phenoxy) is 1. The molecule has 30 heavy (non-hydrogen) atoms. The summed E-state index contributed by atoms with van der Waals surface area (Å²) in [6.07, 6.45) is 1.92. The fourth-order valence-electron chi connectivity index (χ4n) is 2.65. The highest BCUT2D eigenvalue weighted by molar-refractivity contribution is 7.98. The van der Waals surface area contributed by atoms with E-state index in [1.807, 2.05) is 36.6 Å². The Kier molecular flexibility index (Phi) is 7.15. The second-order valence-corrected chi connectivity index (χ2v) is 9.35. The molecular weight excluding hydrogens is 420 g/mol. The van der Waals surface area contributed by atoms with Crippen LogP contribution in [0.1, 0.15) is 0 Å². The fraction of sp³-hybridized carbons (Fsp3) is 0.136. The van der Waals surface area contributed by atoms with Gasteiger partial charge in [-0.3, -0.25) is 4.79 Å². The molecule has 0 fully saturated rings. The fourth-order valence-corrected chi connectivity index (χ4v) is 4.18. The van der Waals surface area contributed by atoms with Gasteiger partial charge in [-0.05, 0) is 66.9 Å². The highest BCUT2D eigenvalue weighted by Gasteiger charge is 2.23. The number of para-hydroxylation sites is 1. The Morgan fingerprint density at radius 1 is 0.933 bits per heavy atom. The van der Waals surface area contributed by atoms with Crippen LogP contribution in [0, 0.1) is 0 Å². The van der Waals surface area contributed by atoms with Crippen molar-refractivity contribution in [1.29, 1.82) is 0 Å². The summed E-state index contributed by atoms with van der Waals surface area (Å²) in [7, 11) is -2.37. The molecular formula is C22H22N2O4S2. The number of nitrogens with zero attached hydrogens (tertiary/aromatic N) is 1. The zero-order valence-corrected chi connectivity index (χ0v) is 18.2. The lowest BCUT2D eigenvalue weighted by Gasteiger charge is -2.17. The molecule has 1 amide bonds. The molecule has 8 heteroatoms. The maximum atomic E-state index is 12.7. The Hall–Kier alpha value is -2.81. The second-order valence-electron chi connectivity index (χ2n) is 6.42. The molecule has 0 aliphatic carbocycles. The molecule has 0 aromatic heterocycles. The molecule has 0 aliphatic heterocycles. The summed E-state index contributed by atoms with van der Waals surface area (Å²) in [4.78, 5) is 13.4. The predicted octanol–water partition coefficient (Wildman–Crippen LogP) is 4.46. The third kappa shape index (κ3) is 5.63. The second kappa shape index (κ2) is 9.80. The van der Waals surface area contributed by atoms with Crippen LogP contribution < -0.4 is 10.1 Å². The van der Waals surface area contributed by atoms with Crippen LogP contribution in [0.4, 0.5) is 5.69 Å². The number of hydrogen-bond donors (Lipinski definition) is 1. The summed E-state index contributed by atoms with van der Waals surface area (Å²) in [6.45, 7) is -0.297. The number of amides is 1. The van der Waals surface area contributed by atoms with Crippen LogP contribution in [0.15, 0.2) is 88.7 Å². The number of anilines is 1. The van der Waals surface area contributed by atoms with Crippen molar-refractivity contribution in [2.24, 2.45) is 0 Å². The third-order valence-electron chi connectivity index (χ3n) is 4.25. The summed E-state index contributed by atoms with van der Waals surface area (Å²) < 4.78 is 32.1. The maximum Gasteiger partial charge on any atom is 0.243 e. The van der Waals surface area contributed by atoms with E-state index in [1.54, 1.807) is 48.5 Å². The Morgan fingerprint density at radius 3 is 2.13 bits per heavy atom.